The Morgan fingerprint density at radius 2 is 1.44 bits per heavy atom. The largest absolute Gasteiger partial charge is 0.507 e. The maximum Gasteiger partial charge on any atom is 0.322 e. The molecule has 1 unspecified atom stereocenters. The summed E-state index contributed by atoms with van der Waals surface area (Å²) in [5.41, 5.74) is 7.34. The van der Waals surface area contributed by atoms with Crippen LogP contribution in [0.4, 0.5) is 17.1 Å². The highest BCUT2D eigenvalue weighted by Gasteiger charge is 2.35. The van der Waals surface area contributed by atoms with Crippen molar-refractivity contribution in [2.24, 2.45) is 5.10 Å². The van der Waals surface area contributed by atoms with Gasteiger partial charge in [0.15, 0.2) is 0 Å². The maximum atomic E-state index is 13.9. The summed E-state index contributed by atoms with van der Waals surface area (Å²) >= 11 is 6.38. The van der Waals surface area contributed by atoms with Gasteiger partial charge in [-0.2, -0.15) is 5.10 Å². The fourth-order valence-corrected chi connectivity index (χ4v) is 7.63. The first-order valence-electron chi connectivity index (χ1n) is 19.8. The number of hydrogen-bond acceptors (Lipinski definition) is 9. The number of likely N-dealkylation sites (N-methyl/N-ethyl adjacent to an activating group) is 1. The highest BCUT2D eigenvalue weighted by molar-refractivity contribution is 6.19. The third-order valence-corrected chi connectivity index (χ3v) is 11.0. The van der Waals surface area contributed by atoms with Gasteiger partial charge in [-0.15, -0.1) is 11.6 Å². The maximum absolute atomic E-state index is 13.9. The molecule has 0 saturated carbocycles. The minimum atomic E-state index is -1.08. The van der Waals surface area contributed by atoms with Crippen LogP contribution in [0.2, 0.25) is 0 Å². The number of hydrogen-bond donors (Lipinski definition) is 9. The first-order chi connectivity index (χ1) is 29.8. The van der Waals surface area contributed by atoms with Gasteiger partial charge in [0.25, 0.3) is 11.8 Å². The van der Waals surface area contributed by atoms with Crippen molar-refractivity contribution in [1.82, 2.24) is 26.0 Å². The molecule has 9 N–H and O–H groups in total. The van der Waals surface area contributed by atoms with E-state index in [0.29, 0.717) is 68.1 Å². The average Bonchev–Trinajstić information content (AvgIpc) is 3.99. The van der Waals surface area contributed by atoms with Gasteiger partial charge in [-0.3, -0.25) is 28.8 Å². The van der Waals surface area contributed by atoms with Crippen LogP contribution >= 0.6 is 11.6 Å². The molecule has 320 valence electrons. The molecule has 1 aliphatic rings. The molecule has 0 aliphatic carbocycles. The number of carbonyl (C=O) groups excluding carboxylic acids is 5. The minimum absolute atomic E-state index is 0.0519. The highest BCUT2D eigenvalue weighted by Crippen LogP contribution is 2.45. The topological polar surface area (TPSA) is 250 Å². The van der Waals surface area contributed by atoms with Crippen LogP contribution in [0.1, 0.15) is 65.1 Å². The van der Waals surface area contributed by atoms with E-state index in [4.69, 9.17) is 16.7 Å². The second-order valence-electron chi connectivity index (χ2n) is 15.0. The van der Waals surface area contributed by atoms with Crippen LogP contribution in [-0.4, -0.2) is 93.5 Å². The smallest absolute Gasteiger partial charge is 0.322 e. The Morgan fingerprint density at radius 1 is 0.806 bits per heavy atom. The van der Waals surface area contributed by atoms with Crippen LogP contribution in [0.5, 0.6) is 5.75 Å². The molecule has 3 heterocycles. The van der Waals surface area contributed by atoms with E-state index in [1.807, 2.05) is 24.3 Å². The first kappa shape index (κ1) is 42.9. The molecule has 17 nitrogen and oxygen atoms in total. The van der Waals surface area contributed by atoms with E-state index in [2.05, 4.69) is 41.8 Å². The van der Waals surface area contributed by atoms with Crippen LogP contribution in [0.3, 0.4) is 0 Å². The summed E-state index contributed by atoms with van der Waals surface area (Å²) in [7, 11) is 1.48. The molecule has 4 aromatic carbocycles. The molecule has 62 heavy (non-hydrogen) atoms. The van der Waals surface area contributed by atoms with E-state index in [1.165, 1.54) is 7.05 Å². The second kappa shape index (κ2) is 18.6. The molecule has 0 spiro atoms. The zero-order chi connectivity index (χ0) is 44.1. The number of anilines is 3. The number of aromatic hydroxyl groups is 1. The second-order valence-corrected chi connectivity index (χ2v) is 15.3. The predicted molar refractivity (Wildman–Crippen MR) is 237 cm³/mol. The number of alkyl halides is 1. The molecular weight excluding hydrogens is 818 g/mol. The average molecular weight is 862 g/mol. The quantitative estimate of drug-likeness (QED) is 0.0337. The minimum Gasteiger partial charge on any atom is -0.507 e. The number of hydrazone groups is 1. The van der Waals surface area contributed by atoms with Crippen molar-refractivity contribution in [2.75, 3.05) is 41.6 Å². The number of aliphatic carboxylic acids is 1. The number of aromatic nitrogens is 2. The number of phenolic OH excluding ortho intramolecular Hbond substituents is 1. The number of nitrogens with one attached hydrogen (secondary N) is 7. The summed E-state index contributed by atoms with van der Waals surface area (Å²) in [5, 5.41) is 37.5. The SMILES string of the molecule is CN[C@@H](CNC(=O)CC/C(C)=N/NC(=O)CCC(=O)Nc1ccc2[nH]c(C(=O)Nc3ccc4[nH]c(C(=O)N5CC(CCl)c6c5cc(O)c5ccccc65)cc4c3)cc2c1)C(=O)O. The molecule has 2 aromatic heterocycles. The summed E-state index contributed by atoms with van der Waals surface area (Å²) in [6.45, 7) is 1.92. The van der Waals surface area contributed by atoms with Crippen molar-refractivity contribution >= 4 is 102 Å². The van der Waals surface area contributed by atoms with Crippen molar-refractivity contribution in [3.63, 3.8) is 0 Å². The molecule has 6 aromatic rings. The molecular formula is C44H44ClN9O8. The van der Waals surface area contributed by atoms with Gasteiger partial charge in [-0.25, -0.2) is 5.43 Å². The summed E-state index contributed by atoms with van der Waals surface area (Å²) in [4.78, 5) is 83.3. The van der Waals surface area contributed by atoms with Crippen LogP contribution in [0.15, 0.2) is 84.0 Å². The number of rotatable bonds is 16. The van der Waals surface area contributed by atoms with E-state index in [0.717, 1.165) is 10.9 Å². The molecule has 1 aliphatic heterocycles. The van der Waals surface area contributed by atoms with Crippen molar-refractivity contribution < 1.29 is 39.0 Å². The lowest BCUT2D eigenvalue weighted by Gasteiger charge is -2.17. The standard InChI is InChI=1S/C44H44ClN9O8/c1-23(7-12-38(56)47-21-35(46-2)44(61)62)52-53-40(58)14-13-39(57)48-27-8-10-31-24(15-27)17-33(50-31)42(59)49-28-9-11-32-25(16-28)18-34(51-32)43(60)54-22-26(20-45)41-30-6-4-3-5-29(30)37(55)19-36(41)54/h3-6,8-11,15-19,26,35,46,50-51,55H,7,12-14,20-22H2,1-2H3,(H,47,56)(H,48,57)(H,49,59)(H,53,58)(H,61,62)/b52-23+/t26?,35-/m0/s1. The number of carboxylic acids is 1. The van der Waals surface area contributed by atoms with Crippen molar-refractivity contribution in [1.29, 1.82) is 0 Å². The van der Waals surface area contributed by atoms with E-state index in [1.54, 1.807) is 66.4 Å². The van der Waals surface area contributed by atoms with Gasteiger partial charge in [-0.1, -0.05) is 24.3 Å². The monoisotopic (exact) mass is 861 g/mol. The van der Waals surface area contributed by atoms with Crippen molar-refractivity contribution in [2.45, 2.75) is 44.6 Å². The van der Waals surface area contributed by atoms with Gasteiger partial charge < -0.3 is 46.3 Å². The Balaban J connectivity index is 0.911. The van der Waals surface area contributed by atoms with E-state index in [9.17, 15) is 33.9 Å². The molecule has 2 atom stereocenters. The Bertz CT molecular complexity index is 2780. The zero-order valence-corrected chi connectivity index (χ0v) is 34.5. The molecule has 0 saturated heterocycles. The number of halogens is 1. The van der Waals surface area contributed by atoms with Gasteiger partial charge in [0.2, 0.25) is 17.7 Å². The lowest BCUT2D eigenvalue weighted by molar-refractivity contribution is -0.139. The van der Waals surface area contributed by atoms with Crippen LogP contribution in [-0.2, 0) is 19.2 Å². The predicted octanol–water partition coefficient (Wildman–Crippen LogP) is 5.52. The third kappa shape index (κ3) is 9.53. The van der Waals surface area contributed by atoms with Gasteiger partial charge in [0.1, 0.15) is 23.2 Å². The molecule has 0 fully saturated rings. The van der Waals surface area contributed by atoms with Gasteiger partial charge in [0, 0.05) is 94.5 Å². The van der Waals surface area contributed by atoms with Gasteiger partial charge >= 0.3 is 5.97 Å². The number of phenols is 1. The number of aromatic amines is 2. The summed E-state index contributed by atoms with van der Waals surface area (Å²) in [6.07, 6.45) is 0.0243. The lowest BCUT2D eigenvalue weighted by Crippen LogP contribution is -2.44. The van der Waals surface area contributed by atoms with Crippen LogP contribution in [0.25, 0.3) is 32.6 Å². The fraction of sp³-hybridized carbons (Fsp3) is 0.250. The first-order valence-corrected chi connectivity index (χ1v) is 20.3. The van der Waals surface area contributed by atoms with Crippen molar-refractivity contribution in [3.05, 3.63) is 95.8 Å². The number of carbonyl (C=O) groups is 6. The van der Waals surface area contributed by atoms with Crippen LogP contribution < -0.4 is 31.6 Å². The van der Waals surface area contributed by atoms with Crippen LogP contribution in [0, 0.1) is 0 Å². The fourth-order valence-electron chi connectivity index (χ4n) is 7.38. The van der Waals surface area contributed by atoms with Gasteiger partial charge in [0.05, 0.1) is 5.69 Å². The van der Waals surface area contributed by atoms with E-state index < -0.39 is 29.7 Å². The number of fused-ring (bicyclic) bond motifs is 5. The molecule has 7 rings (SSSR count). The Morgan fingerprint density at radius 3 is 2.11 bits per heavy atom. The number of carboxylic acid groups (broad SMARTS) is 1. The van der Waals surface area contributed by atoms with E-state index in [-0.39, 0.29) is 61.4 Å². The number of benzene rings is 4. The van der Waals surface area contributed by atoms with E-state index >= 15 is 0 Å². The lowest BCUT2D eigenvalue weighted by atomic mass is 9.95. The number of H-pyrrole nitrogens is 2. The highest BCUT2D eigenvalue weighted by atomic mass is 35.5. The number of nitrogens with zero attached hydrogens (tertiary/aromatic N) is 2. The summed E-state index contributed by atoms with van der Waals surface area (Å²) in [5.74, 6) is -2.74. The number of amides is 5. The normalized spacial score (nSPS) is 14.1. The molecule has 0 bridgehead atoms. The zero-order valence-electron chi connectivity index (χ0n) is 33.7. The summed E-state index contributed by atoms with van der Waals surface area (Å²) < 4.78 is 0. The third-order valence-electron chi connectivity index (χ3n) is 10.6. The molecule has 5 amide bonds. The Hall–Kier alpha value is -7.24. The molecule has 0 radical (unpaired) electrons. The molecule has 18 heteroatoms. The van der Waals surface area contributed by atoms with Gasteiger partial charge in [-0.05, 0) is 79.9 Å². The Labute approximate surface area is 359 Å². The Kier molecular flexibility index (Phi) is 12.8. The summed E-state index contributed by atoms with van der Waals surface area (Å²) in [6, 6.07) is 22.0. The van der Waals surface area contributed by atoms with Crippen molar-refractivity contribution in [3.8, 4) is 5.75 Å².